The van der Waals surface area contributed by atoms with E-state index < -0.39 is 32.7 Å². The second-order valence-corrected chi connectivity index (χ2v) is 7.23. The van der Waals surface area contributed by atoms with E-state index in [9.17, 15) is 17.6 Å². The number of hydrogen-bond donors (Lipinski definition) is 3. The van der Waals surface area contributed by atoms with Gasteiger partial charge in [0.25, 0.3) is 0 Å². The number of sulfonamides is 1. The maximum atomic E-state index is 14.1. The number of benzene rings is 1. The Kier molecular flexibility index (Phi) is 7.40. The van der Waals surface area contributed by atoms with E-state index in [4.69, 9.17) is 17.3 Å². The molecule has 0 aliphatic heterocycles. The minimum absolute atomic E-state index is 0.0111. The third-order valence-corrected chi connectivity index (χ3v) is 4.98. The predicted molar refractivity (Wildman–Crippen MR) is 88.4 cm³/mol. The van der Waals surface area contributed by atoms with Crippen LogP contribution in [0, 0.1) is 5.82 Å². The molecule has 0 saturated heterocycles. The van der Waals surface area contributed by atoms with E-state index in [1.807, 2.05) is 6.92 Å². The van der Waals surface area contributed by atoms with E-state index in [2.05, 4.69) is 10.0 Å². The fraction of sp³-hybridized carbons (Fsp3) is 0.500. The number of carbonyl (C=O) groups is 1. The molecule has 0 heterocycles. The van der Waals surface area contributed by atoms with Crippen LogP contribution in [0.15, 0.2) is 17.0 Å². The Morgan fingerprint density at radius 1 is 1.43 bits per heavy atom. The highest BCUT2D eigenvalue weighted by molar-refractivity contribution is 7.89. The lowest BCUT2D eigenvalue weighted by molar-refractivity contribution is -0.114. The number of hydrogen-bond acceptors (Lipinski definition) is 4. The average Bonchev–Trinajstić information content (AvgIpc) is 2.46. The maximum Gasteiger partial charge on any atom is 0.243 e. The Morgan fingerprint density at radius 3 is 2.61 bits per heavy atom. The number of unbranched alkanes of at least 4 members (excludes halogenated alkanes) is 1. The van der Waals surface area contributed by atoms with E-state index in [0.29, 0.717) is 6.42 Å². The van der Waals surface area contributed by atoms with Crippen LogP contribution in [0.25, 0.3) is 0 Å². The van der Waals surface area contributed by atoms with Crippen molar-refractivity contribution in [3.05, 3.63) is 23.0 Å². The molecule has 0 fully saturated rings. The van der Waals surface area contributed by atoms with Crippen LogP contribution in [0.4, 0.5) is 10.1 Å². The number of nitrogens with two attached hydrogens (primary N) is 1. The normalized spacial score (nSPS) is 12.9. The highest BCUT2D eigenvalue weighted by Gasteiger charge is 2.24. The van der Waals surface area contributed by atoms with Gasteiger partial charge < -0.3 is 11.1 Å². The highest BCUT2D eigenvalue weighted by atomic mass is 35.5. The van der Waals surface area contributed by atoms with Crippen molar-refractivity contribution >= 4 is 33.2 Å². The smallest absolute Gasteiger partial charge is 0.243 e. The van der Waals surface area contributed by atoms with Crippen molar-refractivity contribution in [1.29, 1.82) is 0 Å². The van der Waals surface area contributed by atoms with Crippen molar-refractivity contribution in [1.82, 2.24) is 4.72 Å². The number of carbonyl (C=O) groups excluding carboxylic acids is 1. The summed E-state index contributed by atoms with van der Waals surface area (Å²) in [5, 5.41) is 2.26. The molecule has 23 heavy (non-hydrogen) atoms. The number of amides is 1. The molecule has 0 aliphatic carbocycles. The zero-order chi connectivity index (χ0) is 17.6. The first kappa shape index (κ1) is 19.8. The lowest BCUT2D eigenvalue weighted by atomic mass is 10.1. The van der Waals surface area contributed by atoms with Crippen molar-refractivity contribution in [2.75, 3.05) is 11.9 Å². The summed E-state index contributed by atoms with van der Waals surface area (Å²) in [6.45, 7) is 3.32. The van der Waals surface area contributed by atoms with Gasteiger partial charge in [-0.05, 0) is 12.5 Å². The minimum Gasteiger partial charge on any atom is -0.329 e. The number of anilines is 1. The third-order valence-electron chi connectivity index (χ3n) is 3.13. The van der Waals surface area contributed by atoms with Gasteiger partial charge in [0.15, 0.2) is 0 Å². The summed E-state index contributed by atoms with van der Waals surface area (Å²) in [4.78, 5) is 10.4. The summed E-state index contributed by atoms with van der Waals surface area (Å²) in [7, 11) is -4.10. The lowest BCUT2D eigenvalue weighted by Gasteiger charge is -2.17. The van der Waals surface area contributed by atoms with Crippen LogP contribution in [0.5, 0.6) is 0 Å². The first-order valence-corrected chi connectivity index (χ1v) is 9.06. The van der Waals surface area contributed by atoms with Crippen molar-refractivity contribution in [2.45, 2.75) is 44.0 Å². The molecule has 130 valence electrons. The van der Waals surface area contributed by atoms with E-state index in [1.54, 1.807) is 0 Å². The molecule has 1 amide bonds. The Balaban J connectivity index is 3.08. The Bertz CT molecular complexity index is 667. The summed E-state index contributed by atoms with van der Waals surface area (Å²) in [6.07, 6.45) is 2.25. The molecule has 4 N–H and O–H groups in total. The largest absolute Gasteiger partial charge is 0.329 e. The van der Waals surface area contributed by atoms with Crippen molar-refractivity contribution < 1.29 is 17.6 Å². The highest BCUT2D eigenvalue weighted by Crippen LogP contribution is 2.28. The van der Waals surface area contributed by atoms with Crippen LogP contribution in [0.1, 0.15) is 33.1 Å². The minimum atomic E-state index is -4.10. The summed E-state index contributed by atoms with van der Waals surface area (Å²) in [5.41, 5.74) is 5.56. The Labute approximate surface area is 140 Å². The summed E-state index contributed by atoms with van der Waals surface area (Å²) < 4.78 is 41.1. The van der Waals surface area contributed by atoms with Gasteiger partial charge in [-0.2, -0.15) is 0 Å². The molecule has 1 atom stereocenters. The van der Waals surface area contributed by atoms with Gasteiger partial charge in [0, 0.05) is 25.6 Å². The first-order chi connectivity index (χ1) is 10.7. The molecule has 0 saturated carbocycles. The fourth-order valence-electron chi connectivity index (χ4n) is 1.98. The van der Waals surface area contributed by atoms with Gasteiger partial charge in [0.2, 0.25) is 15.9 Å². The molecule has 6 nitrogen and oxygen atoms in total. The fourth-order valence-corrected chi connectivity index (χ4v) is 3.62. The van der Waals surface area contributed by atoms with Gasteiger partial charge in [0.1, 0.15) is 10.7 Å². The number of halogens is 2. The molecule has 0 bridgehead atoms. The van der Waals surface area contributed by atoms with Gasteiger partial charge >= 0.3 is 0 Å². The van der Waals surface area contributed by atoms with E-state index in [-0.39, 0.29) is 17.3 Å². The van der Waals surface area contributed by atoms with Crippen LogP contribution < -0.4 is 15.8 Å². The molecular formula is C14H21ClFN3O3S. The zero-order valence-corrected chi connectivity index (χ0v) is 14.6. The molecule has 1 aromatic rings. The summed E-state index contributed by atoms with van der Waals surface area (Å²) >= 11 is 5.91. The van der Waals surface area contributed by atoms with Gasteiger partial charge in [-0.15, -0.1) is 0 Å². The zero-order valence-electron chi connectivity index (χ0n) is 13.0. The quantitative estimate of drug-likeness (QED) is 0.657. The monoisotopic (exact) mass is 365 g/mol. The summed E-state index contributed by atoms with van der Waals surface area (Å²) in [5.74, 6) is -1.44. The second kappa shape index (κ2) is 8.58. The van der Waals surface area contributed by atoms with Crippen molar-refractivity contribution in [3.8, 4) is 0 Å². The molecule has 1 rings (SSSR count). The van der Waals surface area contributed by atoms with Gasteiger partial charge in [-0.3, -0.25) is 4.79 Å². The molecular weight excluding hydrogens is 345 g/mol. The van der Waals surface area contributed by atoms with Crippen LogP contribution in [-0.4, -0.2) is 26.9 Å². The molecule has 9 heteroatoms. The second-order valence-electron chi connectivity index (χ2n) is 5.14. The van der Waals surface area contributed by atoms with Crippen LogP contribution >= 0.6 is 11.6 Å². The number of rotatable bonds is 8. The average molecular weight is 366 g/mol. The standard InChI is InChI=1S/C14H21ClFN3O3S/c1-3-4-5-10(8-17)19-23(21,22)14-6-11(15)13(7-12(14)16)18-9(2)20/h6-7,10,19H,3-5,8,17H2,1-2H3,(H,18,20). The van der Waals surface area contributed by atoms with Crippen LogP contribution in [0.3, 0.4) is 0 Å². The van der Waals surface area contributed by atoms with E-state index >= 15 is 0 Å². The van der Waals surface area contributed by atoms with Gasteiger partial charge in [-0.25, -0.2) is 17.5 Å². The number of nitrogens with one attached hydrogen (secondary N) is 2. The molecule has 0 aliphatic rings. The van der Waals surface area contributed by atoms with E-state index in [1.165, 1.54) is 6.92 Å². The third kappa shape index (κ3) is 5.72. The Morgan fingerprint density at radius 2 is 2.09 bits per heavy atom. The van der Waals surface area contributed by atoms with Gasteiger partial charge in [-0.1, -0.05) is 31.4 Å². The summed E-state index contributed by atoms with van der Waals surface area (Å²) in [6, 6.07) is 1.37. The van der Waals surface area contributed by atoms with Crippen molar-refractivity contribution in [2.24, 2.45) is 5.73 Å². The molecule has 0 radical (unpaired) electrons. The molecule has 0 spiro atoms. The molecule has 1 unspecified atom stereocenters. The molecule has 0 aromatic heterocycles. The van der Waals surface area contributed by atoms with Crippen molar-refractivity contribution in [3.63, 3.8) is 0 Å². The molecule has 1 aromatic carbocycles. The SMILES string of the molecule is CCCCC(CN)NS(=O)(=O)c1cc(Cl)c(NC(C)=O)cc1F. The Hall–Kier alpha value is -1.22. The lowest BCUT2D eigenvalue weighted by Crippen LogP contribution is -2.40. The topological polar surface area (TPSA) is 101 Å². The first-order valence-electron chi connectivity index (χ1n) is 7.20. The predicted octanol–water partition coefficient (Wildman–Crippen LogP) is 2.23. The van der Waals surface area contributed by atoms with E-state index in [0.717, 1.165) is 25.0 Å². The van der Waals surface area contributed by atoms with Crippen LogP contribution in [-0.2, 0) is 14.8 Å². The maximum absolute atomic E-state index is 14.1. The van der Waals surface area contributed by atoms with Gasteiger partial charge in [0.05, 0.1) is 10.7 Å². The van der Waals surface area contributed by atoms with Crippen LogP contribution in [0.2, 0.25) is 5.02 Å².